The predicted molar refractivity (Wildman–Crippen MR) is 282 cm³/mol. The van der Waals surface area contributed by atoms with Gasteiger partial charge in [0.15, 0.2) is 0 Å². The van der Waals surface area contributed by atoms with Crippen LogP contribution in [-0.2, 0) is 42.7 Å². The number of pyridine rings is 1. The van der Waals surface area contributed by atoms with Crippen LogP contribution in [0.5, 0.6) is 11.5 Å². The zero-order valence-electron chi connectivity index (χ0n) is 41.8. The van der Waals surface area contributed by atoms with Crippen molar-refractivity contribution in [3.05, 3.63) is 234 Å². The van der Waals surface area contributed by atoms with Gasteiger partial charge in [0.2, 0.25) is 0 Å². The number of hydrogen-bond acceptors (Lipinski definition) is 2. The third-order valence-electron chi connectivity index (χ3n) is 13.9. The molecule has 0 amide bonds. The van der Waals surface area contributed by atoms with E-state index in [9.17, 15) is 0 Å². The summed E-state index contributed by atoms with van der Waals surface area (Å²) in [5.74, 6) is 1.99. The molecule has 3 aromatic heterocycles. The first-order valence-electron chi connectivity index (χ1n) is 24.0. The molecule has 70 heavy (non-hydrogen) atoms. The van der Waals surface area contributed by atoms with Gasteiger partial charge in [-0.15, -0.1) is 35.2 Å². The Bertz CT molecular complexity index is 3480. The van der Waals surface area contributed by atoms with Gasteiger partial charge in [0.05, 0.1) is 11.4 Å². The van der Waals surface area contributed by atoms with E-state index in [0.29, 0.717) is 11.5 Å². The van der Waals surface area contributed by atoms with E-state index in [0.717, 1.165) is 55.8 Å². The van der Waals surface area contributed by atoms with Crippen molar-refractivity contribution >= 4 is 21.8 Å². The molecule has 0 unspecified atom stereocenters. The van der Waals surface area contributed by atoms with Crippen molar-refractivity contribution in [1.29, 1.82) is 0 Å². The van der Waals surface area contributed by atoms with Gasteiger partial charge >= 0.3 is 0 Å². The number of nitrogens with zero attached hydrogens (tertiary/aromatic N) is 4. The molecule has 6 heteroatoms. The van der Waals surface area contributed by atoms with Gasteiger partial charge in [-0.1, -0.05) is 190 Å². The Kier molecular flexibility index (Phi) is 12.7. The number of rotatable bonds is 10. The van der Waals surface area contributed by atoms with E-state index in [1.165, 1.54) is 27.8 Å². The first kappa shape index (κ1) is 48.2. The van der Waals surface area contributed by atoms with Crippen molar-refractivity contribution in [3.63, 3.8) is 0 Å². The Hall–Kier alpha value is -6.81. The standard InChI is InChI=1S/C64H60N4O.Pt/c1-61(2,3)48-32-33-65-60(39-48)68-57-29-21-20-28-55(57)56-31-30-53(41-58(56)68)69-54-35-45(44-22-14-11-15-23-44)34-51(40-54)66-42-59(64(9,10)47-26-18-13-19-27-47)67(43-66)52-37-49(62(4,5)6)36-50(38-52)63(7,8)46-24-16-12-17-25-46;/h11-39,42H,1-10H3;/q-2;. The van der Waals surface area contributed by atoms with E-state index in [1.54, 1.807) is 0 Å². The molecule has 354 valence electrons. The van der Waals surface area contributed by atoms with Crippen LogP contribution in [0.1, 0.15) is 103 Å². The van der Waals surface area contributed by atoms with Gasteiger partial charge in [-0.2, -0.15) is 12.1 Å². The minimum Gasteiger partial charge on any atom is -0.510 e. The van der Waals surface area contributed by atoms with Gasteiger partial charge in [0.25, 0.3) is 6.33 Å². The van der Waals surface area contributed by atoms with Crippen molar-refractivity contribution in [2.24, 2.45) is 0 Å². The second kappa shape index (κ2) is 18.5. The van der Waals surface area contributed by atoms with Crippen LogP contribution in [0.25, 0.3) is 50.1 Å². The number of hydrogen-bond donors (Lipinski definition) is 0. The first-order chi connectivity index (χ1) is 32.9. The Morgan fingerprint density at radius 3 is 1.79 bits per heavy atom. The molecular formula is C64H60N4OPt-2. The van der Waals surface area contributed by atoms with Gasteiger partial charge in [0, 0.05) is 61.3 Å². The van der Waals surface area contributed by atoms with Crippen molar-refractivity contribution in [2.45, 2.75) is 90.9 Å². The topological polar surface area (TPSA) is 35.9 Å². The Morgan fingerprint density at radius 2 is 1.11 bits per heavy atom. The zero-order chi connectivity index (χ0) is 48.3. The second-order valence-electron chi connectivity index (χ2n) is 21.5. The molecule has 0 aliphatic carbocycles. The fourth-order valence-electron chi connectivity index (χ4n) is 9.50. The summed E-state index contributed by atoms with van der Waals surface area (Å²) in [5, 5.41) is 2.21. The van der Waals surface area contributed by atoms with Gasteiger partial charge in [-0.25, -0.2) is 4.98 Å². The van der Waals surface area contributed by atoms with Crippen LogP contribution in [0.15, 0.2) is 182 Å². The minimum absolute atomic E-state index is 0. The molecule has 0 bridgehead atoms. The molecule has 10 aromatic rings. The fourth-order valence-corrected chi connectivity index (χ4v) is 9.50. The molecule has 0 saturated carbocycles. The molecule has 0 saturated heterocycles. The molecule has 10 rings (SSSR count). The maximum atomic E-state index is 6.90. The van der Waals surface area contributed by atoms with Gasteiger partial charge < -0.3 is 13.9 Å². The van der Waals surface area contributed by atoms with Crippen LogP contribution in [0.4, 0.5) is 0 Å². The molecule has 0 fully saturated rings. The summed E-state index contributed by atoms with van der Waals surface area (Å²) in [6.07, 6.45) is 7.99. The SMILES string of the molecule is CC(C)(C)c1cc(-[n+]2[c-]n(-c3[c-]c(Oc4[c-]c5c(cc4)c4ccccc4n5-c4cc(C(C)(C)C)ccn4)cc(-c4ccccc4)c3)cc2C(C)(C)c2ccccc2)cc(C(C)(C)c2ccccc2)c1.[Pt]. The smallest absolute Gasteiger partial charge is 0.267 e. The van der Waals surface area contributed by atoms with Crippen LogP contribution in [0.3, 0.4) is 0 Å². The number of benzene rings is 7. The van der Waals surface area contributed by atoms with Crippen LogP contribution in [0, 0.1) is 18.5 Å². The average Bonchev–Trinajstić information content (AvgIpc) is 3.95. The van der Waals surface area contributed by atoms with Gasteiger partial charge in [-0.05, 0) is 85.6 Å². The molecule has 3 heterocycles. The van der Waals surface area contributed by atoms with E-state index < -0.39 is 5.41 Å². The zero-order valence-corrected chi connectivity index (χ0v) is 44.1. The van der Waals surface area contributed by atoms with Crippen molar-refractivity contribution in [2.75, 3.05) is 0 Å². The number of fused-ring (bicyclic) bond motifs is 3. The summed E-state index contributed by atoms with van der Waals surface area (Å²) in [6, 6.07) is 67.7. The quantitative estimate of drug-likeness (QED) is 0.101. The normalized spacial score (nSPS) is 12.3. The van der Waals surface area contributed by atoms with Crippen LogP contribution >= 0.6 is 0 Å². The Morgan fingerprint density at radius 1 is 0.500 bits per heavy atom. The van der Waals surface area contributed by atoms with E-state index in [-0.39, 0.29) is 37.3 Å². The maximum Gasteiger partial charge on any atom is 0.267 e. The van der Waals surface area contributed by atoms with Crippen LogP contribution < -0.4 is 9.30 Å². The van der Waals surface area contributed by atoms with E-state index in [1.807, 2.05) is 18.3 Å². The molecule has 0 radical (unpaired) electrons. The molecule has 5 nitrogen and oxygen atoms in total. The van der Waals surface area contributed by atoms with Crippen molar-refractivity contribution in [1.82, 2.24) is 14.1 Å². The van der Waals surface area contributed by atoms with Crippen LogP contribution in [-0.4, -0.2) is 14.1 Å². The third kappa shape index (κ3) is 9.20. The summed E-state index contributed by atoms with van der Waals surface area (Å²) < 4.78 is 13.5. The van der Waals surface area contributed by atoms with Crippen molar-refractivity contribution < 1.29 is 30.4 Å². The summed E-state index contributed by atoms with van der Waals surface area (Å²) in [6.45, 7) is 22.8. The monoisotopic (exact) mass is 1100 g/mol. The molecule has 0 aliphatic rings. The summed E-state index contributed by atoms with van der Waals surface area (Å²) in [7, 11) is 0. The van der Waals surface area contributed by atoms with Gasteiger partial charge in [-0.3, -0.25) is 4.57 Å². The summed E-state index contributed by atoms with van der Waals surface area (Å²) in [5.41, 5.74) is 12.3. The predicted octanol–water partition coefficient (Wildman–Crippen LogP) is 15.4. The number of aromatic nitrogens is 4. The first-order valence-corrected chi connectivity index (χ1v) is 24.0. The summed E-state index contributed by atoms with van der Waals surface area (Å²) >= 11 is 0. The number of ether oxygens (including phenoxy) is 1. The molecule has 7 aromatic carbocycles. The number of para-hydroxylation sites is 1. The minimum atomic E-state index is -0.420. The number of imidazole rings is 1. The molecular weight excluding hydrogens is 1040 g/mol. The molecule has 0 N–H and O–H groups in total. The summed E-state index contributed by atoms with van der Waals surface area (Å²) in [4.78, 5) is 4.90. The third-order valence-corrected chi connectivity index (χ3v) is 13.9. The molecule has 0 atom stereocenters. The molecule has 0 aliphatic heterocycles. The van der Waals surface area contributed by atoms with E-state index in [4.69, 9.17) is 9.72 Å². The molecule has 0 spiro atoms. The average molecular weight is 1100 g/mol. The fraction of sp³-hybridized carbons (Fsp3) is 0.219. The second-order valence-corrected chi connectivity index (χ2v) is 21.5. The van der Waals surface area contributed by atoms with E-state index in [2.05, 4.69) is 265 Å². The van der Waals surface area contributed by atoms with E-state index >= 15 is 0 Å². The Balaban J connectivity index is 0.00000608. The Labute approximate surface area is 428 Å². The maximum absolute atomic E-state index is 6.90. The largest absolute Gasteiger partial charge is 0.510 e. The van der Waals surface area contributed by atoms with Crippen LogP contribution in [0.2, 0.25) is 0 Å². The van der Waals surface area contributed by atoms with Crippen molar-refractivity contribution in [3.8, 4) is 39.8 Å². The van der Waals surface area contributed by atoms with Gasteiger partial charge in [0.1, 0.15) is 5.82 Å².